The first-order valence-electron chi connectivity index (χ1n) is 12.4. The van der Waals surface area contributed by atoms with Gasteiger partial charge in [-0.1, -0.05) is 36.8 Å². The van der Waals surface area contributed by atoms with Crippen LogP contribution in [0.5, 0.6) is 5.75 Å². The maximum absolute atomic E-state index is 13.1. The smallest absolute Gasteiger partial charge is 0.321 e. The Morgan fingerprint density at radius 1 is 0.971 bits per heavy atom. The molecular formula is C27H36N4O3. The first-order chi connectivity index (χ1) is 16.6. The molecule has 2 aromatic rings. The van der Waals surface area contributed by atoms with Crippen LogP contribution >= 0.6 is 0 Å². The van der Waals surface area contributed by atoms with E-state index in [0.29, 0.717) is 19.6 Å². The van der Waals surface area contributed by atoms with E-state index in [9.17, 15) is 9.59 Å². The number of nitrogens with zero attached hydrogens (tertiary/aromatic N) is 2. The van der Waals surface area contributed by atoms with E-state index in [-0.39, 0.29) is 23.9 Å². The van der Waals surface area contributed by atoms with Crippen molar-refractivity contribution in [3.05, 3.63) is 60.2 Å². The number of piperidine rings is 2. The summed E-state index contributed by atoms with van der Waals surface area (Å²) in [5.74, 6) is 0.683. The van der Waals surface area contributed by atoms with Gasteiger partial charge in [-0.25, -0.2) is 4.79 Å². The van der Waals surface area contributed by atoms with Gasteiger partial charge < -0.3 is 20.3 Å². The molecule has 7 heteroatoms. The molecule has 2 aliphatic heterocycles. The molecule has 0 radical (unpaired) electrons. The van der Waals surface area contributed by atoms with Crippen LogP contribution in [0.2, 0.25) is 0 Å². The minimum atomic E-state index is -0.187. The number of urea groups is 1. The van der Waals surface area contributed by atoms with Crippen LogP contribution in [0.15, 0.2) is 54.6 Å². The maximum Gasteiger partial charge on any atom is 0.321 e. The number of amides is 3. The number of hydrogen-bond acceptors (Lipinski definition) is 4. The number of rotatable bonds is 7. The van der Waals surface area contributed by atoms with Crippen molar-refractivity contribution >= 4 is 17.6 Å². The number of carbonyl (C=O) groups is 2. The second kappa shape index (κ2) is 11.9. The highest BCUT2D eigenvalue weighted by Gasteiger charge is 2.30. The van der Waals surface area contributed by atoms with Gasteiger partial charge in [0.15, 0.2) is 0 Å². The van der Waals surface area contributed by atoms with Gasteiger partial charge in [0.05, 0.1) is 19.1 Å². The van der Waals surface area contributed by atoms with Crippen LogP contribution in [-0.4, -0.2) is 61.6 Å². The molecule has 2 heterocycles. The molecule has 0 aromatic heterocycles. The standard InChI is InChI=1S/C27H36N4O3/c1-34-24-14-12-21(13-15-24)25(30-16-6-3-7-17-30)19-28-26(32)22-9-8-18-31(20-22)27(33)29-23-10-4-2-5-11-23/h2,4-5,10-15,22,25H,3,6-9,16-20H2,1H3,(H,28,32)(H,29,33)/t22-,25+/m1/s1. The lowest BCUT2D eigenvalue weighted by atomic mass is 9.96. The first kappa shape index (κ1) is 24.1. The lowest BCUT2D eigenvalue weighted by Crippen LogP contribution is -2.48. The number of ether oxygens (including phenoxy) is 1. The molecule has 0 bridgehead atoms. The van der Waals surface area contributed by atoms with Gasteiger partial charge in [0.2, 0.25) is 5.91 Å². The monoisotopic (exact) mass is 464 g/mol. The van der Waals surface area contributed by atoms with E-state index < -0.39 is 0 Å². The summed E-state index contributed by atoms with van der Waals surface area (Å²) in [4.78, 5) is 30.1. The van der Waals surface area contributed by atoms with Gasteiger partial charge in [-0.3, -0.25) is 9.69 Å². The molecule has 2 saturated heterocycles. The van der Waals surface area contributed by atoms with Crippen molar-refractivity contribution in [2.24, 2.45) is 5.92 Å². The van der Waals surface area contributed by atoms with Gasteiger partial charge >= 0.3 is 6.03 Å². The average Bonchev–Trinajstić information content (AvgIpc) is 2.90. The van der Waals surface area contributed by atoms with Gasteiger partial charge in [0.25, 0.3) is 0 Å². The zero-order chi connectivity index (χ0) is 23.8. The molecule has 2 aromatic carbocycles. The molecule has 2 atom stereocenters. The average molecular weight is 465 g/mol. The van der Waals surface area contributed by atoms with Crippen molar-refractivity contribution in [3.63, 3.8) is 0 Å². The van der Waals surface area contributed by atoms with Crippen LogP contribution in [-0.2, 0) is 4.79 Å². The molecule has 0 spiro atoms. The Hall–Kier alpha value is -3.06. The Bertz CT molecular complexity index is 929. The minimum absolute atomic E-state index is 0.0349. The predicted molar refractivity (Wildman–Crippen MR) is 134 cm³/mol. The second-order valence-electron chi connectivity index (χ2n) is 9.21. The number of hydrogen-bond donors (Lipinski definition) is 2. The van der Waals surface area contributed by atoms with Crippen molar-refractivity contribution in [1.29, 1.82) is 0 Å². The molecule has 2 aliphatic rings. The molecule has 0 saturated carbocycles. The van der Waals surface area contributed by atoms with Crippen LogP contribution in [0, 0.1) is 5.92 Å². The molecule has 4 rings (SSSR count). The summed E-state index contributed by atoms with van der Waals surface area (Å²) in [7, 11) is 1.67. The normalized spacial score (nSPS) is 19.8. The minimum Gasteiger partial charge on any atom is -0.497 e. The van der Waals surface area contributed by atoms with Crippen molar-refractivity contribution < 1.29 is 14.3 Å². The predicted octanol–water partition coefficient (Wildman–Crippen LogP) is 4.28. The third-order valence-electron chi connectivity index (χ3n) is 6.91. The highest BCUT2D eigenvalue weighted by atomic mass is 16.5. The van der Waals surface area contributed by atoms with Crippen molar-refractivity contribution in [2.75, 3.05) is 45.2 Å². The fourth-order valence-electron chi connectivity index (χ4n) is 4.96. The quantitative estimate of drug-likeness (QED) is 0.641. The number of para-hydroxylation sites is 1. The zero-order valence-corrected chi connectivity index (χ0v) is 20.0. The summed E-state index contributed by atoms with van der Waals surface area (Å²) in [5, 5.41) is 6.15. The number of carbonyl (C=O) groups excluding carboxylic acids is 2. The van der Waals surface area contributed by atoms with Crippen LogP contribution in [0.3, 0.4) is 0 Å². The molecule has 3 amide bonds. The second-order valence-corrected chi connectivity index (χ2v) is 9.21. The summed E-state index contributed by atoms with van der Waals surface area (Å²) in [5.41, 5.74) is 1.96. The van der Waals surface area contributed by atoms with Gasteiger partial charge in [-0.2, -0.15) is 0 Å². The number of nitrogens with one attached hydrogen (secondary N) is 2. The molecule has 2 N–H and O–H groups in total. The van der Waals surface area contributed by atoms with Crippen LogP contribution in [0.4, 0.5) is 10.5 Å². The van der Waals surface area contributed by atoms with Gasteiger partial charge in [-0.05, 0) is 68.6 Å². The largest absolute Gasteiger partial charge is 0.497 e. The molecular weight excluding hydrogens is 428 g/mol. The summed E-state index contributed by atoms with van der Waals surface area (Å²) >= 11 is 0. The molecule has 182 valence electrons. The highest BCUT2D eigenvalue weighted by molar-refractivity contribution is 5.90. The number of anilines is 1. The number of methoxy groups -OCH3 is 1. The Morgan fingerprint density at radius 2 is 1.71 bits per heavy atom. The van der Waals surface area contributed by atoms with E-state index >= 15 is 0 Å². The highest BCUT2D eigenvalue weighted by Crippen LogP contribution is 2.26. The molecule has 0 aliphatic carbocycles. The van der Waals surface area contributed by atoms with E-state index in [2.05, 4.69) is 27.7 Å². The third-order valence-corrected chi connectivity index (χ3v) is 6.91. The molecule has 2 fully saturated rings. The first-order valence-corrected chi connectivity index (χ1v) is 12.4. The van der Waals surface area contributed by atoms with Crippen LogP contribution < -0.4 is 15.4 Å². The number of benzene rings is 2. The van der Waals surface area contributed by atoms with Crippen LogP contribution in [0.1, 0.15) is 43.7 Å². The molecule has 34 heavy (non-hydrogen) atoms. The Morgan fingerprint density at radius 3 is 2.41 bits per heavy atom. The Balaban J connectivity index is 1.36. The Labute approximate surface area is 202 Å². The maximum atomic E-state index is 13.1. The van der Waals surface area contributed by atoms with E-state index in [0.717, 1.165) is 37.4 Å². The van der Waals surface area contributed by atoms with Crippen molar-refractivity contribution in [2.45, 2.75) is 38.1 Å². The SMILES string of the molecule is COc1ccc([C@H](CNC(=O)[C@@H]2CCCN(C(=O)Nc3ccccc3)C2)N2CCCCC2)cc1. The summed E-state index contributed by atoms with van der Waals surface area (Å²) in [6, 6.07) is 17.6. The van der Waals surface area contributed by atoms with E-state index in [1.807, 2.05) is 42.5 Å². The fourth-order valence-corrected chi connectivity index (χ4v) is 4.96. The summed E-state index contributed by atoms with van der Waals surface area (Å²) in [6.45, 7) is 3.77. The topological polar surface area (TPSA) is 73.9 Å². The number of likely N-dealkylation sites (tertiary alicyclic amines) is 2. The molecule has 0 unspecified atom stereocenters. The molecule has 7 nitrogen and oxygen atoms in total. The lowest BCUT2D eigenvalue weighted by Gasteiger charge is -2.36. The lowest BCUT2D eigenvalue weighted by molar-refractivity contribution is -0.126. The fraction of sp³-hybridized carbons (Fsp3) is 0.481. The van der Waals surface area contributed by atoms with Crippen LogP contribution in [0.25, 0.3) is 0 Å². The van der Waals surface area contributed by atoms with Gasteiger partial charge in [-0.15, -0.1) is 0 Å². The van der Waals surface area contributed by atoms with Crippen molar-refractivity contribution in [3.8, 4) is 5.75 Å². The van der Waals surface area contributed by atoms with E-state index in [4.69, 9.17) is 4.74 Å². The van der Waals surface area contributed by atoms with Crippen molar-refractivity contribution in [1.82, 2.24) is 15.1 Å². The van der Waals surface area contributed by atoms with E-state index in [1.165, 1.54) is 24.8 Å². The van der Waals surface area contributed by atoms with Gasteiger partial charge in [0.1, 0.15) is 5.75 Å². The van der Waals surface area contributed by atoms with Gasteiger partial charge in [0, 0.05) is 25.3 Å². The van der Waals surface area contributed by atoms with E-state index in [1.54, 1.807) is 12.0 Å². The summed E-state index contributed by atoms with van der Waals surface area (Å²) in [6.07, 6.45) is 5.27. The zero-order valence-electron chi connectivity index (χ0n) is 20.0. The Kier molecular flexibility index (Phi) is 8.41. The summed E-state index contributed by atoms with van der Waals surface area (Å²) < 4.78 is 5.32. The third kappa shape index (κ3) is 6.29.